The lowest BCUT2D eigenvalue weighted by Crippen LogP contribution is -2.36. The first-order valence-corrected chi connectivity index (χ1v) is 10.2. The van der Waals surface area contributed by atoms with Crippen LogP contribution in [0.25, 0.3) is 0 Å². The van der Waals surface area contributed by atoms with Crippen LogP contribution in [-0.2, 0) is 10.0 Å². The number of anilines is 1. The molecule has 0 aliphatic heterocycles. The molecule has 5 nitrogen and oxygen atoms in total. The first kappa shape index (κ1) is 19.3. The summed E-state index contributed by atoms with van der Waals surface area (Å²) in [5, 5.41) is 2.91. The highest BCUT2D eigenvalue weighted by Crippen LogP contribution is 2.23. The van der Waals surface area contributed by atoms with Crippen LogP contribution in [-0.4, -0.2) is 20.4 Å². The summed E-state index contributed by atoms with van der Waals surface area (Å²) in [5.74, 6) is -2.41. The van der Waals surface area contributed by atoms with E-state index in [0.717, 1.165) is 50.3 Å². The molecule has 0 radical (unpaired) electrons. The third-order valence-electron chi connectivity index (χ3n) is 4.55. The van der Waals surface area contributed by atoms with Crippen molar-refractivity contribution in [3.8, 4) is 0 Å². The Balaban J connectivity index is 1.80. The number of halogens is 2. The molecular weight excluding hydrogens is 374 g/mol. The maximum atomic E-state index is 13.7. The van der Waals surface area contributed by atoms with Crippen molar-refractivity contribution in [2.24, 2.45) is 0 Å². The minimum Gasteiger partial charge on any atom is -0.349 e. The van der Waals surface area contributed by atoms with Gasteiger partial charge >= 0.3 is 0 Å². The van der Waals surface area contributed by atoms with E-state index >= 15 is 0 Å². The normalized spacial score (nSPS) is 15.3. The zero-order chi connectivity index (χ0) is 19.4. The van der Waals surface area contributed by atoms with Crippen LogP contribution in [0.1, 0.15) is 42.5 Å². The number of nitrogens with one attached hydrogen (secondary N) is 2. The number of rotatable bonds is 5. The summed E-state index contributed by atoms with van der Waals surface area (Å²) < 4.78 is 54.4. The first-order valence-electron chi connectivity index (χ1n) is 8.74. The maximum Gasteiger partial charge on any atom is 0.262 e. The Morgan fingerprint density at radius 3 is 2.26 bits per heavy atom. The molecule has 0 spiro atoms. The molecule has 1 amide bonds. The topological polar surface area (TPSA) is 75.3 Å². The van der Waals surface area contributed by atoms with Crippen LogP contribution < -0.4 is 10.0 Å². The Morgan fingerprint density at radius 1 is 0.963 bits per heavy atom. The summed E-state index contributed by atoms with van der Waals surface area (Å²) >= 11 is 0. The predicted molar refractivity (Wildman–Crippen MR) is 97.9 cm³/mol. The van der Waals surface area contributed by atoms with Gasteiger partial charge in [0.2, 0.25) is 0 Å². The van der Waals surface area contributed by atoms with E-state index in [1.807, 2.05) is 4.72 Å². The second kappa shape index (κ2) is 8.04. The highest BCUT2D eigenvalue weighted by Gasteiger charge is 2.21. The van der Waals surface area contributed by atoms with E-state index in [0.29, 0.717) is 0 Å². The standard InChI is InChI=1S/C19H20F2N2O3S/c20-16-10-5-11-17(21)18(16)23-27(25,26)15-9-4-6-13(12-15)19(24)22-14-7-2-1-3-8-14/h4-6,9-12,14,23H,1-3,7-8H2,(H,22,24). The lowest BCUT2D eigenvalue weighted by molar-refractivity contribution is 0.0927. The van der Waals surface area contributed by atoms with Crippen molar-refractivity contribution in [3.63, 3.8) is 0 Å². The monoisotopic (exact) mass is 394 g/mol. The minimum absolute atomic E-state index is 0.0807. The molecule has 1 aliphatic rings. The van der Waals surface area contributed by atoms with Gasteiger partial charge in [-0.3, -0.25) is 9.52 Å². The van der Waals surface area contributed by atoms with Gasteiger partial charge in [-0.25, -0.2) is 17.2 Å². The van der Waals surface area contributed by atoms with Gasteiger partial charge in [-0.2, -0.15) is 0 Å². The zero-order valence-electron chi connectivity index (χ0n) is 14.5. The highest BCUT2D eigenvalue weighted by atomic mass is 32.2. The average Bonchev–Trinajstić information content (AvgIpc) is 2.66. The third kappa shape index (κ3) is 4.63. The smallest absolute Gasteiger partial charge is 0.262 e. The fraction of sp³-hybridized carbons (Fsp3) is 0.316. The van der Waals surface area contributed by atoms with Crippen molar-refractivity contribution in [2.45, 2.75) is 43.0 Å². The number of sulfonamides is 1. The van der Waals surface area contributed by atoms with Gasteiger partial charge in [0.25, 0.3) is 15.9 Å². The highest BCUT2D eigenvalue weighted by molar-refractivity contribution is 7.92. The van der Waals surface area contributed by atoms with E-state index in [2.05, 4.69) is 5.32 Å². The van der Waals surface area contributed by atoms with E-state index in [1.54, 1.807) is 0 Å². The zero-order valence-corrected chi connectivity index (χ0v) is 15.4. The molecule has 0 atom stereocenters. The van der Waals surface area contributed by atoms with Gasteiger partial charge in [0, 0.05) is 11.6 Å². The van der Waals surface area contributed by atoms with Crippen LogP contribution in [0, 0.1) is 11.6 Å². The fourth-order valence-electron chi connectivity index (χ4n) is 3.11. The molecule has 2 aromatic carbocycles. The molecule has 0 heterocycles. The summed E-state index contributed by atoms with van der Waals surface area (Å²) in [6.07, 6.45) is 5.06. The number of para-hydroxylation sites is 1. The number of carbonyl (C=O) groups excluding carboxylic acids is 1. The number of benzene rings is 2. The Hall–Kier alpha value is -2.48. The van der Waals surface area contributed by atoms with Crippen LogP contribution in [0.3, 0.4) is 0 Å². The summed E-state index contributed by atoms with van der Waals surface area (Å²) in [6.45, 7) is 0. The Morgan fingerprint density at radius 2 is 1.59 bits per heavy atom. The van der Waals surface area contributed by atoms with Crippen LogP contribution in [0.4, 0.5) is 14.5 Å². The lowest BCUT2D eigenvalue weighted by Gasteiger charge is -2.22. The summed E-state index contributed by atoms with van der Waals surface area (Å²) in [7, 11) is -4.26. The van der Waals surface area contributed by atoms with Gasteiger partial charge in [0.1, 0.15) is 17.3 Å². The van der Waals surface area contributed by atoms with Crippen LogP contribution in [0.5, 0.6) is 0 Å². The number of amides is 1. The van der Waals surface area contributed by atoms with Crippen molar-refractivity contribution in [3.05, 3.63) is 59.7 Å². The fourth-order valence-corrected chi connectivity index (χ4v) is 4.23. The van der Waals surface area contributed by atoms with Gasteiger partial charge in [-0.05, 0) is 43.2 Å². The molecule has 0 unspecified atom stereocenters. The minimum atomic E-state index is -4.26. The molecule has 2 aromatic rings. The van der Waals surface area contributed by atoms with Crippen LogP contribution in [0.15, 0.2) is 47.4 Å². The van der Waals surface area contributed by atoms with E-state index < -0.39 is 27.3 Å². The van der Waals surface area contributed by atoms with Crippen molar-refractivity contribution in [2.75, 3.05) is 4.72 Å². The molecule has 144 valence electrons. The predicted octanol–water partition coefficient (Wildman–Crippen LogP) is 3.83. The SMILES string of the molecule is O=C(NC1CCCCC1)c1cccc(S(=O)(=O)Nc2c(F)cccc2F)c1. The van der Waals surface area contributed by atoms with Gasteiger partial charge in [0.05, 0.1) is 4.90 Å². The average molecular weight is 394 g/mol. The van der Waals surface area contributed by atoms with Gasteiger partial charge in [-0.1, -0.05) is 31.4 Å². The number of hydrogen-bond donors (Lipinski definition) is 2. The largest absolute Gasteiger partial charge is 0.349 e. The Bertz CT molecular complexity index is 921. The first-order chi connectivity index (χ1) is 12.9. The number of carbonyl (C=O) groups is 1. The van der Waals surface area contributed by atoms with Gasteiger partial charge < -0.3 is 5.32 Å². The Kier molecular flexibility index (Phi) is 5.74. The van der Waals surface area contributed by atoms with E-state index in [-0.39, 0.29) is 22.4 Å². The molecule has 0 aromatic heterocycles. The second-order valence-corrected chi connectivity index (χ2v) is 8.22. The van der Waals surface area contributed by atoms with Crippen LogP contribution in [0.2, 0.25) is 0 Å². The summed E-state index contributed by atoms with van der Waals surface area (Å²) in [5.41, 5.74) is -0.577. The quantitative estimate of drug-likeness (QED) is 0.809. The molecule has 8 heteroatoms. The summed E-state index contributed by atoms with van der Waals surface area (Å²) in [6, 6.07) is 8.50. The number of hydrogen-bond acceptors (Lipinski definition) is 3. The summed E-state index contributed by atoms with van der Waals surface area (Å²) in [4.78, 5) is 12.2. The Labute approximate surface area is 156 Å². The van der Waals surface area contributed by atoms with Crippen molar-refractivity contribution < 1.29 is 22.0 Å². The maximum absolute atomic E-state index is 13.7. The van der Waals surface area contributed by atoms with E-state index in [9.17, 15) is 22.0 Å². The molecular formula is C19H20F2N2O3S. The molecule has 1 aliphatic carbocycles. The van der Waals surface area contributed by atoms with Crippen molar-refractivity contribution >= 4 is 21.6 Å². The van der Waals surface area contributed by atoms with Gasteiger partial charge in [0.15, 0.2) is 0 Å². The molecule has 0 bridgehead atoms. The van der Waals surface area contributed by atoms with Crippen LogP contribution >= 0.6 is 0 Å². The molecule has 27 heavy (non-hydrogen) atoms. The molecule has 2 N–H and O–H groups in total. The van der Waals surface area contributed by atoms with E-state index in [1.165, 1.54) is 24.3 Å². The second-order valence-electron chi connectivity index (χ2n) is 6.54. The molecule has 0 saturated heterocycles. The molecule has 3 rings (SSSR count). The molecule has 1 fully saturated rings. The molecule has 1 saturated carbocycles. The third-order valence-corrected chi connectivity index (χ3v) is 5.89. The van der Waals surface area contributed by atoms with E-state index in [4.69, 9.17) is 0 Å². The van der Waals surface area contributed by atoms with Crippen molar-refractivity contribution in [1.29, 1.82) is 0 Å². The lowest BCUT2D eigenvalue weighted by atomic mass is 9.95. The van der Waals surface area contributed by atoms with Gasteiger partial charge in [-0.15, -0.1) is 0 Å². The van der Waals surface area contributed by atoms with Crippen molar-refractivity contribution in [1.82, 2.24) is 5.32 Å².